The number of hydrogen-bond donors (Lipinski definition) is 2. The minimum Gasteiger partial charge on any atom is -0.494 e. The van der Waals surface area contributed by atoms with Gasteiger partial charge in [0.1, 0.15) is 5.75 Å². The average Bonchev–Trinajstić information content (AvgIpc) is 3.29. The fraction of sp³-hybridized carbons (Fsp3) is 0.267. The number of urea groups is 1. The van der Waals surface area contributed by atoms with Crippen molar-refractivity contribution in [1.29, 1.82) is 0 Å². The highest BCUT2D eigenvalue weighted by atomic mass is 32.2. The lowest BCUT2D eigenvalue weighted by molar-refractivity contribution is 0.252. The minimum atomic E-state index is -0.209. The number of rotatable bonds is 12. The molecule has 7 heteroatoms. The number of imidazole rings is 1. The van der Waals surface area contributed by atoms with Gasteiger partial charge in [-0.25, -0.2) is 9.78 Å². The topological polar surface area (TPSA) is 68.2 Å². The van der Waals surface area contributed by atoms with Crippen LogP contribution in [0.5, 0.6) is 5.75 Å². The molecule has 3 aromatic carbocycles. The maximum atomic E-state index is 12.3. The van der Waals surface area contributed by atoms with E-state index >= 15 is 0 Å². The average molecular weight is 515 g/mol. The summed E-state index contributed by atoms with van der Waals surface area (Å²) in [5.41, 5.74) is 5.19. The van der Waals surface area contributed by atoms with Crippen LogP contribution in [0.1, 0.15) is 26.7 Å². The predicted octanol–water partition coefficient (Wildman–Crippen LogP) is 7.33. The summed E-state index contributed by atoms with van der Waals surface area (Å²) >= 11 is 1.74. The molecule has 0 fully saturated rings. The second kappa shape index (κ2) is 13.6. The molecule has 0 saturated heterocycles. The summed E-state index contributed by atoms with van der Waals surface area (Å²) in [5, 5.41) is 6.82. The Morgan fingerprint density at radius 3 is 2.24 bits per heavy atom. The standard InChI is InChI=1S/C30H34N4O2S/c1-3-21-34-28(24-14-9-6-10-15-24)27(23-12-7-5-8-13-23)33-30(34)37-22-11-20-31-29(35)32-25-16-18-26(19-17-25)36-4-2/h5-10,12-19H,3-4,11,20-22H2,1-2H3,(H2,31,32,35). The lowest BCUT2D eigenvalue weighted by Gasteiger charge is -2.12. The van der Waals surface area contributed by atoms with Gasteiger partial charge in [-0.3, -0.25) is 0 Å². The predicted molar refractivity (Wildman–Crippen MR) is 153 cm³/mol. The molecule has 0 aliphatic heterocycles. The van der Waals surface area contributed by atoms with Gasteiger partial charge in [0.05, 0.1) is 18.0 Å². The van der Waals surface area contributed by atoms with Crippen LogP contribution in [0.15, 0.2) is 90.1 Å². The van der Waals surface area contributed by atoms with E-state index < -0.39 is 0 Å². The van der Waals surface area contributed by atoms with Crippen molar-refractivity contribution in [3.8, 4) is 28.3 Å². The zero-order chi connectivity index (χ0) is 25.9. The van der Waals surface area contributed by atoms with E-state index in [-0.39, 0.29) is 6.03 Å². The number of carbonyl (C=O) groups is 1. The van der Waals surface area contributed by atoms with Crippen molar-refractivity contribution in [2.24, 2.45) is 0 Å². The Kier molecular flexibility index (Phi) is 9.66. The Morgan fingerprint density at radius 1 is 0.919 bits per heavy atom. The smallest absolute Gasteiger partial charge is 0.319 e. The molecule has 0 aliphatic carbocycles. The highest BCUT2D eigenvalue weighted by molar-refractivity contribution is 7.99. The molecule has 0 unspecified atom stereocenters. The molecule has 1 heterocycles. The van der Waals surface area contributed by atoms with Gasteiger partial charge >= 0.3 is 6.03 Å². The van der Waals surface area contributed by atoms with Crippen LogP contribution < -0.4 is 15.4 Å². The first-order valence-corrected chi connectivity index (χ1v) is 13.8. The van der Waals surface area contributed by atoms with Crippen LogP contribution >= 0.6 is 11.8 Å². The van der Waals surface area contributed by atoms with E-state index in [0.29, 0.717) is 13.2 Å². The third-order valence-electron chi connectivity index (χ3n) is 5.74. The third kappa shape index (κ3) is 7.17. The lowest BCUT2D eigenvalue weighted by atomic mass is 10.0. The van der Waals surface area contributed by atoms with E-state index in [1.165, 1.54) is 5.56 Å². The third-order valence-corrected chi connectivity index (χ3v) is 6.80. The van der Waals surface area contributed by atoms with Gasteiger partial charge in [-0.2, -0.15) is 0 Å². The maximum absolute atomic E-state index is 12.3. The van der Waals surface area contributed by atoms with Gasteiger partial charge in [-0.1, -0.05) is 79.3 Å². The fourth-order valence-electron chi connectivity index (χ4n) is 4.07. The molecule has 192 valence electrons. The van der Waals surface area contributed by atoms with Gasteiger partial charge in [0.2, 0.25) is 0 Å². The summed E-state index contributed by atoms with van der Waals surface area (Å²) in [7, 11) is 0. The monoisotopic (exact) mass is 514 g/mol. The molecular formula is C30H34N4O2S. The molecule has 2 N–H and O–H groups in total. The molecule has 6 nitrogen and oxygen atoms in total. The Hall–Kier alpha value is -3.71. The SMILES string of the molecule is CCCn1c(SCCCNC(=O)Nc2ccc(OCC)cc2)nc(-c2ccccc2)c1-c1ccccc1. The van der Waals surface area contributed by atoms with Crippen LogP contribution in [0.4, 0.5) is 10.5 Å². The molecule has 2 amide bonds. The van der Waals surface area contributed by atoms with Gasteiger partial charge in [0.15, 0.2) is 5.16 Å². The summed E-state index contributed by atoms with van der Waals surface area (Å²) < 4.78 is 7.78. The number of benzene rings is 3. The van der Waals surface area contributed by atoms with Gasteiger partial charge in [-0.15, -0.1) is 0 Å². The van der Waals surface area contributed by atoms with Crippen molar-refractivity contribution in [1.82, 2.24) is 14.9 Å². The number of nitrogens with one attached hydrogen (secondary N) is 2. The van der Waals surface area contributed by atoms with E-state index in [1.54, 1.807) is 11.8 Å². The van der Waals surface area contributed by atoms with Crippen molar-refractivity contribution in [3.05, 3.63) is 84.9 Å². The van der Waals surface area contributed by atoms with Crippen molar-refractivity contribution >= 4 is 23.5 Å². The molecule has 0 saturated carbocycles. The number of amides is 2. The van der Waals surface area contributed by atoms with Gasteiger partial charge in [-0.05, 0) is 44.0 Å². The van der Waals surface area contributed by atoms with Crippen LogP contribution in [0.25, 0.3) is 22.5 Å². The fourth-order valence-corrected chi connectivity index (χ4v) is 5.04. The molecule has 1 aromatic heterocycles. The Balaban J connectivity index is 1.38. The quantitative estimate of drug-likeness (QED) is 0.153. The maximum Gasteiger partial charge on any atom is 0.319 e. The number of carbonyl (C=O) groups excluding carboxylic acids is 1. The van der Waals surface area contributed by atoms with E-state index in [0.717, 1.165) is 58.7 Å². The molecule has 0 aliphatic rings. The molecule has 0 atom stereocenters. The molecule has 0 spiro atoms. The molecule has 0 bridgehead atoms. The van der Waals surface area contributed by atoms with Crippen LogP contribution in [0.2, 0.25) is 0 Å². The summed E-state index contributed by atoms with van der Waals surface area (Å²) in [4.78, 5) is 17.4. The van der Waals surface area contributed by atoms with E-state index in [9.17, 15) is 4.79 Å². The summed E-state index contributed by atoms with van der Waals surface area (Å²) in [6, 6.07) is 28.0. The summed E-state index contributed by atoms with van der Waals surface area (Å²) in [6.45, 7) is 6.24. The normalized spacial score (nSPS) is 10.8. The molecule has 0 radical (unpaired) electrons. The first-order valence-electron chi connectivity index (χ1n) is 12.8. The van der Waals surface area contributed by atoms with Gasteiger partial charge < -0.3 is 19.9 Å². The Morgan fingerprint density at radius 2 is 1.59 bits per heavy atom. The second-order valence-corrected chi connectivity index (χ2v) is 9.58. The largest absolute Gasteiger partial charge is 0.494 e. The Labute approximate surface area is 223 Å². The minimum absolute atomic E-state index is 0.209. The number of ether oxygens (including phenoxy) is 1. The number of nitrogens with zero attached hydrogens (tertiary/aromatic N) is 2. The lowest BCUT2D eigenvalue weighted by Crippen LogP contribution is -2.29. The second-order valence-electron chi connectivity index (χ2n) is 8.52. The molecular weight excluding hydrogens is 480 g/mol. The van der Waals surface area contributed by atoms with E-state index in [1.807, 2.05) is 43.3 Å². The zero-order valence-electron chi connectivity index (χ0n) is 21.4. The van der Waals surface area contributed by atoms with Crippen LogP contribution in [0, 0.1) is 0 Å². The number of hydrogen-bond acceptors (Lipinski definition) is 4. The molecule has 37 heavy (non-hydrogen) atoms. The molecule has 4 rings (SSSR count). The van der Waals surface area contributed by atoms with Crippen molar-refractivity contribution in [2.45, 2.75) is 38.4 Å². The molecule has 4 aromatic rings. The van der Waals surface area contributed by atoms with Crippen LogP contribution in [-0.4, -0.2) is 34.5 Å². The van der Waals surface area contributed by atoms with Gasteiger partial charge in [0, 0.05) is 35.7 Å². The highest BCUT2D eigenvalue weighted by Crippen LogP contribution is 2.36. The van der Waals surface area contributed by atoms with Crippen molar-refractivity contribution < 1.29 is 9.53 Å². The van der Waals surface area contributed by atoms with Crippen molar-refractivity contribution in [3.63, 3.8) is 0 Å². The van der Waals surface area contributed by atoms with Gasteiger partial charge in [0.25, 0.3) is 0 Å². The Bertz CT molecular complexity index is 1260. The van der Waals surface area contributed by atoms with Crippen molar-refractivity contribution in [2.75, 3.05) is 24.2 Å². The zero-order valence-corrected chi connectivity index (χ0v) is 22.3. The first-order chi connectivity index (χ1) is 18.2. The number of thioether (sulfide) groups is 1. The summed E-state index contributed by atoms with van der Waals surface area (Å²) in [5.74, 6) is 1.64. The number of anilines is 1. The van der Waals surface area contributed by atoms with E-state index in [4.69, 9.17) is 9.72 Å². The summed E-state index contributed by atoms with van der Waals surface area (Å²) in [6.07, 6.45) is 1.85. The first kappa shape index (κ1) is 26.4. The number of aromatic nitrogens is 2. The van der Waals surface area contributed by atoms with Crippen LogP contribution in [-0.2, 0) is 6.54 Å². The highest BCUT2D eigenvalue weighted by Gasteiger charge is 2.19. The van der Waals surface area contributed by atoms with E-state index in [2.05, 4.69) is 70.7 Å². The van der Waals surface area contributed by atoms with Crippen LogP contribution in [0.3, 0.4) is 0 Å².